The highest BCUT2D eigenvalue weighted by Crippen LogP contribution is 2.19. The molecule has 106 valence electrons. The van der Waals surface area contributed by atoms with Crippen LogP contribution in [0.5, 0.6) is 0 Å². The molecule has 21 heavy (non-hydrogen) atoms. The predicted molar refractivity (Wildman–Crippen MR) is 81.9 cm³/mol. The van der Waals surface area contributed by atoms with E-state index in [1.54, 1.807) is 12.1 Å². The molecule has 2 aromatic carbocycles. The van der Waals surface area contributed by atoms with Crippen molar-refractivity contribution in [2.45, 2.75) is 19.4 Å². The van der Waals surface area contributed by atoms with Gasteiger partial charge < -0.3 is 4.57 Å². The molecule has 3 heteroatoms. The van der Waals surface area contributed by atoms with E-state index in [4.69, 9.17) is 0 Å². The fourth-order valence-corrected chi connectivity index (χ4v) is 2.56. The third-order valence-corrected chi connectivity index (χ3v) is 3.66. The maximum atomic E-state index is 13.6. The highest BCUT2D eigenvalue weighted by atomic mass is 19.1. The van der Waals surface area contributed by atoms with Crippen molar-refractivity contribution in [3.8, 4) is 0 Å². The Morgan fingerprint density at radius 2 is 1.81 bits per heavy atom. The van der Waals surface area contributed by atoms with Crippen molar-refractivity contribution in [3.05, 3.63) is 72.2 Å². The van der Waals surface area contributed by atoms with E-state index in [1.807, 2.05) is 47.2 Å². The predicted octanol–water partition coefficient (Wildman–Crippen LogP) is 4.44. The van der Waals surface area contributed by atoms with Gasteiger partial charge >= 0.3 is 0 Å². The number of fused-ring (bicyclic) bond motifs is 1. The van der Waals surface area contributed by atoms with Crippen LogP contribution >= 0.6 is 0 Å². The van der Waals surface area contributed by atoms with Gasteiger partial charge in [0.25, 0.3) is 0 Å². The molecule has 0 fully saturated rings. The van der Waals surface area contributed by atoms with Crippen LogP contribution in [0, 0.1) is 5.82 Å². The number of aryl methyl sites for hydroxylation is 1. The van der Waals surface area contributed by atoms with Crippen LogP contribution in [0.25, 0.3) is 10.9 Å². The third kappa shape index (κ3) is 2.87. The second-order valence-corrected chi connectivity index (χ2v) is 5.07. The Morgan fingerprint density at radius 3 is 2.62 bits per heavy atom. The molecular weight excluding hydrogens is 265 g/mol. The van der Waals surface area contributed by atoms with Crippen LogP contribution in [0.2, 0.25) is 0 Å². The van der Waals surface area contributed by atoms with Crippen molar-refractivity contribution in [2.24, 2.45) is 0 Å². The first-order chi connectivity index (χ1) is 10.3. The summed E-state index contributed by atoms with van der Waals surface area (Å²) in [6.07, 6.45) is 3.12. The monoisotopic (exact) mass is 281 g/mol. The number of halogens is 1. The quantitative estimate of drug-likeness (QED) is 0.633. The van der Waals surface area contributed by atoms with Gasteiger partial charge in [0.05, 0.1) is 5.52 Å². The van der Waals surface area contributed by atoms with Gasteiger partial charge in [-0.25, -0.2) is 4.39 Å². The number of benzene rings is 2. The minimum atomic E-state index is -0.202. The van der Waals surface area contributed by atoms with Gasteiger partial charge in [0.2, 0.25) is 0 Å². The fourth-order valence-electron chi connectivity index (χ4n) is 2.56. The second-order valence-electron chi connectivity index (χ2n) is 5.07. The zero-order chi connectivity index (χ0) is 14.7. The second kappa shape index (κ2) is 5.92. The molecule has 0 aliphatic heterocycles. The molecule has 0 amide bonds. The summed E-state index contributed by atoms with van der Waals surface area (Å²) in [5, 5.41) is 0.631. The summed E-state index contributed by atoms with van der Waals surface area (Å²) >= 11 is 0. The molecule has 0 N–H and O–H groups in total. The zero-order valence-corrected chi connectivity index (χ0v) is 11.6. The van der Waals surface area contributed by atoms with Crippen LogP contribution in [0.4, 0.5) is 4.39 Å². The summed E-state index contributed by atoms with van der Waals surface area (Å²) < 4.78 is 15.6. The molecule has 0 radical (unpaired) electrons. The Kier molecular flexibility index (Phi) is 3.82. The van der Waals surface area contributed by atoms with Gasteiger partial charge in [-0.2, -0.15) is 0 Å². The van der Waals surface area contributed by atoms with Gasteiger partial charge in [-0.3, -0.25) is 4.79 Å². The smallest absolute Gasteiger partial charge is 0.162 e. The van der Waals surface area contributed by atoms with E-state index >= 15 is 0 Å². The van der Waals surface area contributed by atoms with E-state index in [0.717, 1.165) is 17.5 Å². The van der Waals surface area contributed by atoms with Crippen LogP contribution in [0.15, 0.2) is 60.8 Å². The summed E-state index contributed by atoms with van der Waals surface area (Å²) in [7, 11) is 0. The number of carbonyl (C=O) groups excluding carboxylic acids is 1. The minimum Gasteiger partial charge on any atom is -0.347 e. The number of ketones is 1. The fraction of sp³-hybridized carbons (Fsp3) is 0.167. The average Bonchev–Trinajstić information content (AvgIpc) is 2.93. The first-order valence-electron chi connectivity index (χ1n) is 7.07. The van der Waals surface area contributed by atoms with Crippen molar-refractivity contribution < 1.29 is 9.18 Å². The maximum absolute atomic E-state index is 13.6. The summed E-state index contributed by atoms with van der Waals surface area (Å²) in [5.41, 5.74) is 1.63. The Hall–Kier alpha value is -2.42. The zero-order valence-electron chi connectivity index (χ0n) is 11.6. The molecule has 1 aromatic heterocycles. The summed E-state index contributed by atoms with van der Waals surface area (Å²) in [6, 6.07) is 16.2. The molecule has 3 aromatic rings. The van der Waals surface area contributed by atoms with Crippen molar-refractivity contribution in [1.29, 1.82) is 0 Å². The molecule has 0 unspecified atom stereocenters. The van der Waals surface area contributed by atoms with Gasteiger partial charge in [-0.05, 0) is 24.6 Å². The molecule has 0 atom stereocenters. The number of rotatable bonds is 5. The van der Waals surface area contributed by atoms with Crippen LogP contribution in [-0.2, 0) is 6.54 Å². The lowest BCUT2D eigenvalue weighted by Gasteiger charge is -2.05. The molecular formula is C18H16FNO. The normalized spacial score (nSPS) is 10.9. The number of nitrogens with zero attached hydrogens (tertiary/aromatic N) is 1. The highest BCUT2D eigenvalue weighted by molar-refractivity contribution is 5.95. The SMILES string of the molecule is O=C(CCCn1ccc2c(F)cccc21)c1ccccc1. The van der Waals surface area contributed by atoms with E-state index in [2.05, 4.69) is 0 Å². The van der Waals surface area contributed by atoms with Crippen molar-refractivity contribution >= 4 is 16.7 Å². The summed E-state index contributed by atoms with van der Waals surface area (Å²) in [5.74, 6) is -0.0511. The largest absolute Gasteiger partial charge is 0.347 e. The molecule has 0 saturated carbocycles. The van der Waals surface area contributed by atoms with E-state index in [-0.39, 0.29) is 11.6 Å². The lowest BCUT2D eigenvalue weighted by molar-refractivity contribution is 0.0978. The van der Waals surface area contributed by atoms with Crippen molar-refractivity contribution in [3.63, 3.8) is 0 Å². The van der Waals surface area contributed by atoms with Gasteiger partial charge in [-0.15, -0.1) is 0 Å². The standard InChI is InChI=1S/C18H16FNO/c19-16-8-4-9-17-15(16)11-13-20(17)12-5-10-18(21)14-6-2-1-3-7-14/h1-4,6-9,11,13H,5,10,12H2. The Morgan fingerprint density at radius 1 is 1.00 bits per heavy atom. The van der Waals surface area contributed by atoms with E-state index < -0.39 is 0 Å². The third-order valence-electron chi connectivity index (χ3n) is 3.66. The van der Waals surface area contributed by atoms with E-state index in [9.17, 15) is 9.18 Å². The molecule has 0 saturated heterocycles. The van der Waals surface area contributed by atoms with E-state index in [1.165, 1.54) is 6.07 Å². The van der Waals surface area contributed by atoms with Gasteiger partial charge in [0, 0.05) is 30.1 Å². The molecule has 0 spiro atoms. The van der Waals surface area contributed by atoms with Crippen LogP contribution < -0.4 is 0 Å². The van der Waals surface area contributed by atoms with Crippen molar-refractivity contribution in [2.75, 3.05) is 0 Å². The summed E-state index contributed by atoms with van der Waals surface area (Å²) in [6.45, 7) is 0.714. The minimum absolute atomic E-state index is 0.151. The first-order valence-corrected chi connectivity index (χ1v) is 7.07. The number of aromatic nitrogens is 1. The number of Topliss-reactive ketones (excluding diaryl/α,β-unsaturated/α-hetero) is 1. The number of hydrogen-bond donors (Lipinski definition) is 0. The van der Waals surface area contributed by atoms with Gasteiger partial charge in [0.15, 0.2) is 5.78 Å². The number of hydrogen-bond acceptors (Lipinski definition) is 1. The molecule has 1 heterocycles. The average molecular weight is 281 g/mol. The summed E-state index contributed by atoms with van der Waals surface area (Å²) in [4.78, 5) is 12.0. The molecule has 0 aliphatic rings. The molecule has 2 nitrogen and oxygen atoms in total. The Balaban J connectivity index is 1.65. The lowest BCUT2D eigenvalue weighted by Crippen LogP contribution is -2.02. The van der Waals surface area contributed by atoms with Crippen LogP contribution in [0.3, 0.4) is 0 Å². The Bertz CT molecular complexity index is 761. The first kappa shape index (κ1) is 13.6. The van der Waals surface area contributed by atoms with E-state index in [0.29, 0.717) is 18.4 Å². The molecule has 0 bridgehead atoms. The Labute approximate surface area is 122 Å². The van der Waals surface area contributed by atoms with Gasteiger partial charge in [0.1, 0.15) is 5.82 Å². The number of carbonyl (C=O) groups is 1. The maximum Gasteiger partial charge on any atom is 0.162 e. The van der Waals surface area contributed by atoms with Crippen LogP contribution in [-0.4, -0.2) is 10.4 Å². The lowest BCUT2D eigenvalue weighted by atomic mass is 10.1. The van der Waals surface area contributed by atoms with Crippen molar-refractivity contribution in [1.82, 2.24) is 4.57 Å². The van der Waals surface area contributed by atoms with Crippen LogP contribution in [0.1, 0.15) is 23.2 Å². The topological polar surface area (TPSA) is 22.0 Å². The highest BCUT2D eigenvalue weighted by Gasteiger charge is 2.07. The molecule has 3 rings (SSSR count). The van der Waals surface area contributed by atoms with Gasteiger partial charge in [-0.1, -0.05) is 36.4 Å². The molecule has 0 aliphatic carbocycles.